The highest BCUT2D eigenvalue weighted by atomic mass is 35.5. The van der Waals surface area contributed by atoms with Crippen molar-refractivity contribution in [2.45, 2.75) is 20.0 Å². The van der Waals surface area contributed by atoms with Crippen molar-refractivity contribution < 1.29 is 14.1 Å². The molecule has 1 unspecified atom stereocenters. The van der Waals surface area contributed by atoms with Crippen molar-refractivity contribution in [3.8, 4) is 0 Å². The standard InChI is InChI=1S/C16H18Cl2N2O2/c1-11-3-6-14(22-11)9-20(2)10-16(21)19-8-12-4-5-13(17)7-15(12)18/h3-7H,8-10H2,1-2H3,(H,19,21)/p+1. The maximum atomic E-state index is 12.0. The first-order valence-electron chi connectivity index (χ1n) is 7.01. The van der Waals surface area contributed by atoms with E-state index in [0.717, 1.165) is 22.0 Å². The smallest absolute Gasteiger partial charge is 0.275 e. The fraction of sp³-hybridized carbons (Fsp3) is 0.312. The summed E-state index contributed by atoms with van der Waals surface area (Å²) in [6, 6.07) is 9.09. The molecule has 6 heteroatoms. The molecule has 0 aliphatic carbocycles. The lowest BCUT2D eigenvalue weighted by Crippen LogP contribution is -3.08. The minimum absolute atomic E-state index is 0.0354. The Morgan fingerprint density at radius 1 is 1.27 bits per heavy atom. The number of furan rings is 1. The van der Waals surface area contributed by atoms with Crippen molar-refractivity contribution in [1.29, 1.82) is 0 Å². The van der Waals surface area contributed by atoms with Gasteiger partial charge in [0.1, 0.15) is 12.3 Å². The Balaban J connectivity index is 1.79. The number of quaternary nitrogens is 1. The van der Waals surface area contributed by atoms with Crippen LogP contribution in [0.5, 0.6) is 0 Å². The van der Waals surface area contributed by atoms with Crippen LogP contribution in [0.4, 0.5) is 0 Å². The van der Waals surface area contributed by atoms with E-state index in [2.05, 4.69) is 5.32 Å². The third kappa shape index (κ3) is 5.05. The molecule has 0 bridgehead atoms. The van der Waals surface area contributed by atoms with Crippen LogP contribution in [0.15, 0.2) is 34.7 Å². The largest absolute Gasteiger partial charge is 0.460 e. The normalized spacial score (nSPS) is 12.2. The number of carbonyl (C=O) groups is 1. The van der Waals surface area contributed by atoms with E-state index in [9.17, 15) is 4.79 Å². The number of hydrogen-bond donors (Lipinski definition) is 2. The summed E-state index contributed by atoms with van der Waals surface area (Å²) >= 11 is 11.9. The molecule has 0 fully saturated rings. The molecule has 0 saturated carbocycles. The molecule has 2 aromatic rings. The summed E-state index contributed by atoms with van der Waals surface area (Å²) < 4.78 is 5.51. The summed E-state index contributed by atoms with van der Waals surface area (Å²) in [5.74, 6) is 1.72. The fourth-order valence-electron chi connectivity index (χ4n) is 2.14. The van der Waals surface area contributed by atoms with Crippen LogP contribution in [0.25, 0.3) is 0 Å². The van der Waals surface area contributed by atoms with E-state index in [0.29, 0.717) is 29.7 Å². The molecule has 1 heterocycles. The number of aryl methyl sites for hydroxylation is 1. The van der Waals surface area contributed by atoms with Gasteiger partial charge in [0.2, 0.25) is 0 Å². The third-order valence-corrected chi connectivity index (χ3v) is 3.81. The van der Waals surface area contributed by atoms with Gasteiger partial charge in [-0.15, -0.1) is 0 Å². The Hall–Kier alpha value is -1.49. The number of benzene rings is 1. The van der Waals surface area contributed by atoms with E-state index in [1.54, 1.807) is 12.1 Å². The minimum atomic E-state index is -0.0354. The van der Waals surface area contributed by atoms with Crippen molar-refractivity contribution in [2.24, 2.45) is 0 Å². The van der Waals surface area contributed by atoms with Gasteiger partial charge in [-0.2, -0.15) is 0 Å². The average Bonchev–Trinajstić information content (AvgIpc) is 2.82. The fourth-order valence-corrected chi connectivity index (χ4v) is 2.61. The van der Waals surface area contributed by atoms with E-state index >= 15 is 0 Å². The van der Waals surface area contributed by atoms with Crippen molar-refractivity contribution >= 4 is 29.1 Å². The third-order valence-electron chi connectivity index (χ3n) is 3.23. The molecule has 118 valence electrons. The molecule has 0 aliphatic rings. The predicted octanol–water partition coefficient (Wildman–Crippen LogP) is 2.23. The van der Waals surface area contributed by atoms with Gasteiger partial charge in [-0.3, -0.25) is 4.79 Å². The molecule has 0 aliphatic heterocycles. The summed E-state index contributed by atoms with van der Waals surface area (Å²) in [7, 11) is 1.95. The Morgan fingerprint density at radius 2 is 2.05 bits per heavy atom. The van der Waals surface area contributed by atoms with Crippen LogP contribution < -0.4 is 10.2 Å². The molecule has 2 N–H and O–H groups in total. The predicted molar refractivity (Wildman–Crippen MR) is 87.2 cm³/mol. The summed E-state index contributed by atoms with van der Waals surface area (Å²) in [6.07, 6.45) is 0. The number of amides is 1. The maximum Gasteiger partial charge on any atom is 0.275 e. The topological polar surface area (TPSA) is 46.7 Å². The molecule has 0 spiro atoms. The second kappa shape index (κ2) is 7.68. The van der Waals surface area contributed by atoms with Crippen molar-refractivity contribution in [2.75, 3.05) is 13.6 Å². The zero-order valence-corrected chi connectivity index (χ0v) is 14.1. The second-order valence-electron chi connectivity index (χ2n) is 5.34. The Kier molecular flexibility index (Phi) is 5.89. The molecule has 1 amide bonds. The number of hydrogen-bond acceptors (Lipinski definition) is 2. The molecule has 0 radical (unpaired) electrons. The lowest BCUT2D eigenvalue weighted by Gasteiger charge is -2.13. The van der Waals surface area contributed by atoms with Crippen molar-refractivity contribution in [3.63, 3.8) is 0 Å². The summed E-state index contributed by atoms with van der Waals surface area (Å²) in [4.78, 5) is 13.0. The molecule has 1 aromatic carbocycles. The Morgan fingerprint density at radius 3 is 2.68 bits per heavy atom. The number of nitrogens with one attached hydrogen (secondary N) is 2. The van der Waals surface area contributed by atoms with Crippen LogP contribution in [0.3, 0.4) is 0 Å². The number of rotatable bonds is 6. The van der Waals surface area contributed by atoms with Gasteiger partial charge in [-0.25, -0.2) is 0 Å². The van der Waals surface area contributed by atoms with E-state index in [1.165, 1.54) is 0 Å². The zero-order valence-electron chi connectivity index (χ0n) is 12.6. The number of likely N-dealkylation sites (N-methyl/N-ethyl adjacent to an activating group) is 1. The minimum Gasteiger partial charge on any atom is -0.460 e. The van der Waals surface area contributed by atoms with E-state index < -0.39 is 0 Å². The zero-order chi connectivity index (χ0) is 16.1. The lowest BCUT2D eigenvalue weighted by atomic mass is 10.2. The monoisotopic (exact) mass is 341 g/mol. The highest BCUT2D eigenvalue weighted by molar-refractivity contribution is 6.35. The van der Waals surface area contributed by atoms with E-state index in [4.69, 9.17) is 27.6 Å². The SMILES string of the molecule is Cc1ccc(C[NH+](C)CC(=O)NCc2ccc(Cl)cc2Cl)o1. The molecule has 1 atom stereocenters. The molecule has 0 saturated heterocycles. The summed E-state index contributed by atoms with van der Waals surface area (Å²) in [5.41, 5.74) is 0.846. The van der Waals surface area contributed by atoms with Crippen LogP contribution in [0, 0.1) is 6.92 Å². The van der Waals surface area contributed by atoms with Gasteiger partial charge in [-0.05, 0) is 36.8 Å². The molecule has 1 aromatic heterocycles. The van der Waals surface area contributed by atoms with Gasteiger partial charge in [-0.1, -0.05) is 29.3 Å². The summed E-state index contributed by atoms with van der Waals surface area (Å²) in [6.45, 7) is 3.33. The van der Waals surface area contributed by atoms with E-state index in [-0.39, 0.29) is 5.91 Å². The van der Waals surface area contributed by atoms with Gasteiger partial charge in [0, 0.05) is 16.6 Å². The first kappa shape index (κ1) is 16.9. The number of carbonyl (C=O) groups excluding carboxylic acids is 1. The maximum absolute atomic E-state index is 12.0. The van der Waals surface area contributed by atoms with Crippen molar-refractivity contribution in [1.82, 2.24) is 5.32 Å². The first-order chi connectivity index (χ1) is 10.4. The number of halogens is 2. The highest BCUT2D eigenvalue weighted by Gasteiger charge is 2.12. The molecule has 2 rings (SSSR count). The van der Waals surface area contributed by atoms with Gasteiger partial charge < -0.3 is 14.6 Å². The van der Waals surface area contributed by atoms with Crippen LogP contribution in [0.2, 0.25) is 10.0 Å². The highest BCUT2D eigenvalue weighted by Crippen LogP contribution is 2.20. The Bertz CT molecular complexity index is 655. The van der Waals surface area contributed by atoms with Crippen LogP contribution in [0.1, 0.15) is 17.1 Å². The molecular formula is C16H19Cl2N2O2+. The van der Waals surface area contributed by atoms with Crippen LogP contribution in [-0.4, -0.2) is 19.5 Å². The van der Waals surface area contributed by atoms with Crippen LogP contribution >= 0.6 is 23.2 Å². The quantitative estimate of drug-likeness (QED) is 0.846. The summed E-state index contributed by atoms with van der Waals surface area (Å²) in [5, 5.41) is 4.00. The molecular weight excluding hydrogens is 323 g/mol. The van der Waals surface area contributed by atoms with Gasteiger partial charge in [0.15, 0.2) is 12.3 Å². The van der Waals surface area contributed by atoms with Gasteiger partial charge in [0.05, 0.1) is 7.05 Å². The lowest BCUT2D eigenvalue weighted by molar-refractivity contribution is -0.886. The molecule has 22 heavy (non-hydrogen) atoms. The first-order valence-corrected chi connectivity index (χ1v) is 7.77. The van der Waals surface area contributed by atoms with Gasteiger partial charge in [0.25, 0.3) is 5.91 Å². The van der Waals surface area contributed by atoms with Crippen LogP contribution in [-0.2, 0) is 17.9 Å². The molecule has 4 nitrogen and oxygen atoms in total. The second-order valence-corrected chi connectivity index (χ2v) is 6.18. The van der Waals surface area contributed by atoms with Crippen molar-refractivity contribution in [3.05, 3.63) is 57.5 Å². The Labute approximate surface area is 140 Å². The van der Waals surface area contributed by atoms with E-state index in [1.807, 2.05) is 32.2 Å². The van der Waals surface area contributed by atoms with Gasteiger partial charge >= 0.3 is 0 Å². The average molecular weight is 342 g/mol.